The summed E-state index contributed by atoms with van der Waals surface area (Å²) in [6.45, 7) is 0.412. The van der Waals surface area contributed by atoms with Crippen molar-refractivity contribution in [2.75, 3.05) is 0 Å². The van der Waals surface area contributed by atoms with Gasteiger partial charge in [-0.2, -0.15) is 0 Å². The van der Waals surface area contributed by atoms with Gasteiger partial charge in [0.2, 0.25) is 0 Å². The predicted octanol–water partition coefficient (Wildman–Crippen LogP) is 2.31. The second-order valence-electron chi connectivity index (χ2n) is 3.65. The highest BCUT2D eigenvalue weighted by Crippen LogP contribution is 2.11. The number of fused-ring (bicyclic) bond motifs is 1. The van der Waals surface area contributed by atoms with Crippen molar-refractivity contribution in [1.29, 1.82) is 0 Å². The predicted molar refractivity (Wildman–Crippen MR) is 63.8 cm³/mol. The van der Waals surface area contributed by atoms with E-state index >= 15 is 0 Å². The van der Waals surface area contributed by atoms with E-state index < -0.39 is 0 Å². The first-order chi connectivity index (χ1) is 8.43. The van der Waals surface area contributed by atoms with Gasteiger partial charge in [0.15, 0.2) is 11.5 Å². The lowest BCUT2D eigenvalue weighted by Crippen LogP contribution is -2.00. The molecular formula is C13H11N3O. The van der Waals surface area contributed by atoms with Crippen LogP contribution < -0.4 is 4.74 Å². The number of ether oxygens (including phenoxy) is 1. The van der Waals surface area contributed by atoms with Gasteiger partial charge in [-0.3, -0.25) is 4.40 Å². The maximum absolute atomic E-state index is 5.64. The van der Waals surface area contributed by atoms with E-state index in [1.165, 1.54) is 0 Å². The molecule has 2 heterocycles. The Kier molecular flexibility index (Phi) is 2.46. The van der Waals surface area contributed by atoms with Crippen LogP contribution >= 0.6 is 0 Å². The highest BCUT2D eigenvalue weighted by Gasteiger charge is 2.04. The number of para-hydroxylation sites is 1. The SMILES string of the molecule is c1ccc(OCc2nnc3ccccn23)cc1. The number of hydrogen-bond donors (Lipinski definition) is 0. The molecule has 4 heteroatoms. The number of nitrogens with zero attached hydrogens (tertiary/aromatic N) is 3. The molecule has 4 nitrogen and oxygen atoms in total. The van der Waals surface area contributed by atoms with Crippen molar-refractivity contribution in [2.24, 2.45) is 0 Å². The lowest BCUT2D eigenvalue weighted by Gasteiger charge is -2.04. The van der Waals surface area contributed by atoms with Crippen molar-refractivity contribution in [3.05, 3.63) is 60.6 Å². The van der Waals surface area contributed by atoms with Gasteiger partial charge in [-0.05, 0) is 24.3 Å². The van der Waals surface area contributed by atoms with E-state index in [9.17, 15) is 0 Å². The van der Waals surface area contributed by atoms with Gasteiger partial charge in [-0.15, -0.1) is 10.2 Å². The van der Waals surface area contributed by atoms with Crippen LogP contribution in [0.2, 0.25) is 0 Å². The molecule has 3 rings (SSSR count). The number of aromatic nitrogens is 3. The van der Waals surface area contributed by atoms with Crippen LogP contribution in [-0.4, -0.2) is 14.6 Å². The van der Waals surface area contributed by atoms with Crippen LogP contribution in [0, 0.1) is 0 Å². The van der Waals surface area contributed by atoms with Crippen molar-refractivity contribution in [3.63, 3.8) is 0 Å². The molecule has 17 heavy (non-hydrogen) atoms. The lowest BCUT2D eigenvalue weighted by molar-refractivity contribution is 0.294. The van der Waals surface area contributed by atoms with Gasteiger partial charge in [0.05, 0.1) is 0 Å². The molecule has 0 unspecified atom stereocenters. The fourth-order valence-corrected chi connectivity index (χ4v) is 1.65. The normalized spacial score (nSPS) is 10.6. The van der Waals surface area contributed by atoms with E-state index in [-0.39, 0.29) is 0 Å². The molecule has 0 aliphatic carbocycles. The Balaban J connectivity index is 1.82. The van der Waals surface area contributed by atoms with Crippen molar-refractivity contribution in [1.82, 2.24) is 14.6 Å². The number of pyridine rings is 1. The molecule has 1 aromatic carbocycles. The van der Waals surface area contributed by atoms with Crippen LogP contribution in [0.25, 0.3) is 5.65 Å². The Hall–Kier alpha value is -2.36. The second kappa shape index (κ2) is 4.25. The quantitative estimate of drug-likeness (QED) is 0.686. The van der Waals surface area contributed by atoms with Gasteiger partial charge in [-0.25, -0.2) is 0 Å². The maximum Gasteiger partial charge on any atom is 0.175 e. The van der Waals surface area contributed by atoms with Crippen molar-refractivity contribution in [3.8, 4) is 5.75 Å². The molecule has 0 N–H and O–H groups in total. The van der Waals surface area contributed by atoms with Crippen LogP contribution in [0.4, 0.5) is 0 Å². The third-order valence-corrected chi connectivity index (χ3v) is 2.50. The van der Waals surface area contributed by atoms with Gasteiger partial charge in [0.1, 0.15) is 12.4 Å². The van der Waals surface area contributed by atoms with Crippen molar-refractivity contribution in [2.45, 2.75) is 6.61 Å². The molecule has 0 saturated carbocycles. The molecule has 3 aromatic rings. The van der Waals surface area contributed by atoms with Crippen LogP contribution in [-0.2, 0) is 6.61 Å². The molecule has 0 saturated heterocycles. The summed E-state index contributed by atoms with van der Waals surface area (Å²) in [5, 5.41) is 8.16. The molecule has 0 spiro atoms. The summed E-state index contributed by atoms with van der Waals surface area (Å²) in [4.78, 5) is 0. The highest BCUT2D eigenvalue weighted by atomic mass is 16.5. The van der Waals surface area contributed by atoms with Gasteiger partial charge in [0, 0.05) is 6.20 Å². The second-order valence-corrected chi connectivity index (χ2v) is 3.65. The summed E-state index contributed by atoms with van der Waals surface area (Å²) in [7, 11) is 0. The first kappa shape index (κ1) is 9.84. The smallest absolute Gasteiger partial charge is 0.175 e. The van der Waals surface area contributed by atoms with Crippen molar-refractivity contribution < 1.29 is 4.74 Å². The number of rotatable bonds is 3. The minimum atomic E-state index is 0.412. The summed E-state index contributed by atoms with van der Waals surface area (Å²) in [5.41, 5.74) is 0.833. The topological polar surface area (TPSA) is 39.4 Å². The third-order valence-electron chi connectivity index (χ3n) is 2.50. The summed E-state index contributed by atoms with van der Waals surface area (Å²) in [6, 6.07) is 15.5. The van der Waals surface area contributed by atoms with Crippen molar-refractivity contribution >= 4 is 5.65 Å². The van der Waals surface area contributed by atoms with E-state index in [0.29, 0.717) is 6.61 Å². The Morgan fingerprint density at radius 1 is 0.941 bits per heavy atom. The zero-order chi connectivity index (χ0) is 11.5. The zero-order valence-corrected chi connectivity index (χ0v) is 9.15. The molecule has 0 amide bonds. The minimum absolute atomic E-state index is 0.412. The Labute approximate surface area is 98.5 Å². The van der Waals surface area contributed by atoms with E-state index in [0.717, 1.165) is 17.2 Å². The van der Waals surface area contributed by atoms with Gasteiger partial charge in [0.25, 0.3) is 0 Å². The van der Waals surface area contributed by atoms with E-state index in [1.807, 2.05) is 59.1 Å². The van der Waals surface area contributed by atoms with Gasteiger partial charge < -0.3 is 4.74 Å². The minimum Gasteiger partial charge on any atom is -0.486 e. The monoisotopic (exact) mass is 225 g/mol. The molecule has 0 aliphatic heterocycles. The highest BCUT2D eigenvalue weighted by molar-refractivity contribution is 5.37. The molecule has 0 aliphatic rings. The largest absolute Gasteiger partial charge is 0.486 e. The molecule has 2 aromatic heterocycles. The number of hydrogen-bond acceptors (Lipinski definition) is 3. The Morgan fingerprint density at radius 3 is 2.65 bits per heavy atom. The Morgan fingerprint density at radius 2 is 1.76 bits per heavy atom. The molecule has 0 atom stereocenters. The van der Waals surface area contributed by atoms with Gasteiger partial charge in [-0.1, -0.05) is 24.3 Å². The molecule has 0 radical (unpaired) electrons. The third kappa shape index (κ3) is 1.97. The summed E-state index contributed by atoms with van der Waals surface area (Å²) in [6.07, 6.45) is 1.93. The Bertz CT molecular complexity index is 619. The zero-order valence-electron chi connectivity index (χ0n) is 9.15. The van der Waals surface area contributed by atoms with E-state index in [1.54, 1.807) is 0 Å². The first-order valence-corrected chi connectivity index (χ1v) is 5.40. The molecule has 84 valence electrons. The maximum atomic E-state index is 5.64. The standard InChI is InChI=1S/C13H11N3O/c1-2-6-11(7-3-1)17-10-13-15-14-12-8-4-5-9-16(12)13/h1-9H,10H2. The lowest BCUT2D eigenvalue weighted by atomic mass is 10.3. The molecule has 0 bridgehead atoms. The van der Waals surface area contributed by atoms with Crippen LogP contribution in [0.5, 0.6) is 5.75 Å². The van der Waals surface area contributed by atoms with Gasteiger partial charge >= 0.3 is 0 Å². The average Bonchev–Trinajstić information content (AvgIpc) is 2.81. The number of benzene rings is 1. The molecular weight excluding hydrogens is 214 g/mol. The summed E-state index contributed by atoms with van der Waals surface area (Å²) in [5.74, 6) is 1.63. The fourth-order valence-electron chi connectivity index (χ4n) is 1.65. The van der Waals surface area contributed by atoms with E-state index in [4.69, 9.17) is 4.74 Å². The summed E-state index contributed by atoms with van der Waals surface area (Å²) >= 11 is 0. The van der Waals surface area contributed by atoms with E-state index in [2.05, 4.69) is 10.2 Å². The summed E-state index contributed by atoms with van der Waals surface area (Å²) < 4.78 is 7.55. The average molecular weight is 225 g/mol. The fraction of sp³-hybridized carbons (Fsp3) is 0.0769. The first-order valence-electron chi connectivity index (χ1n) is 5.40. The van der Waals surface area contributed by atoms with Crippen LogP contribution in [0.1, 0.15) is 5.82 Å². The van der Waals surface area contributed by atoms with Crippen LogP contribution in [0.15, 0.2) is 54.7 Å². The van der Waals surface area contributed by atoms with Crippen LogP contribution in [0.3, 0.4) is 0 Å². The molecule has 0 fully saturated rings.